The van der Waals surface area contributed by atoms with Crippen LogP contribution < -0.4 is 0 Å². The summed E-state index contributed by atoms with van der Waals surface area (Å²) in [5, 5.41) is 8.96. The van der Waals surface area contributed by atoms with Crippen LogP contribution in [-0.4, -0.2) is 49.3 Å². The molecule has 0 atom stereocenters. The molecule has 8 heteroatoms. The van der Waals surface area contributed by atoms with Gasteiger partial charge in [0.05, 0.1) is 11.4 Å². The molecule has 120 valence electrons. The molecule has 2 heterocycles. The molecular weight excluding hydrogens is 397 g/mol. The zero-order valence-electron chi connectivity index (χ0n) is 12.6. The van der Waals surface area contributed by atoms with Crippen LogP contribution in [0.2, 0.25) is 0 Å². The Bertz CT molecular complexity index is 477. The molecule has 0 spiro atoms. The summed E-state index contributed by atoms with van der Waals surface area (Å²) in [6, 6.07) is 5.74. The van der Waals surface area contributed by atoms with Gasteiger partial charge in [-0.1, -0.05) is 18.9 Å². The van der Waals surface area contributed by atoms with Gasteiger partial charge in [0.15, 0.2) is 0 Å². The van der Waals surface area contributed by atoms with Crippen molar-refractivity contribution in [1.82, 2.24) is 9.88 Å². The zero-order valence-corrected chi connectivity index (χ0v) is 17.3. The second-order valence-electron chi connectivity index (χ2n) is 4.77. The third-order valence-electron chi connectivity index (χ3n) is 3.20. The second-order valence-corrected chi connectivity index (χ2v) is 8.91. The molecule has 0 bridgehead atoms. The Morgan fingerprint density at radius 1 is 1.18 bits per heavy atom. The molecule has 2 rings (SSSR count). The van der Waals surface area contributed by atoms with E-state index in [1.807, 2.05) is 25.1 Å². The number of halogens is 2. The zero-order chi connectivity index (χ0) is 16.2. The Balaban J connectivity index is 0.000000745. The molecule has 0 saturated carbocycles. The molecule has 4 nitrogen and oxygen atoms in total. The van der Waals surface area contributed by atoms with Crippen molar-refractivity contribution in [2.45, 2.75) is 32.6 Å². The minimum absolute atomic E-state index is 0.595. The van der Waals surface area contributed by atoms with Crippen LogP contribution in [0.3, 0.4) is 0 Å². The van der Waals surface area contributed by atoms with Crippen molar-refractivity contribution in [3.8, 4) is 0 Å². The minimum atomic E-state index is -0.743. The van der Waals surface area contributed by atoms with Crippen LogP contribution >= 0.6 is 19.3 Å². The summed E-state index contributed by atoms with van der Waals surface area (Å²) in [6.45, 7) is 3.90. The Morgan fingerprint density at radius 2 is 1.82 bits per heavy atom. The fourth-order valence-electron chi connectivity index (χ4n) is 2.07. The number of aromatic nitrogens is 1. The molecule has 2 radical (unpaired) electrons. The first kappa shape index (κ1) is 19.8. The molecular formula is C14H19Cl2GaN4S-2. The van der Waals surface area contributed by atoms with Gasteiger partial charge in [-0.15, -0.1) is 0 Å². The van der Waals surface area contributed by atoms with E-state index in [2.05, 4.69) is 20.1 Å². The molecule has 1 aliphatic heterocycles. The summed E-state index contributed by atoms with van der Waals surface area (Å²) >= 11 is 4.59. The fourth-order valence-corrected chi connectivity index (χ4v) is 2.29. The number of pyridine rings is 1. The predicted molar refractivity (Wildman–Crippen MR) is 98.7 cm³/mol. The maximum absolute atomic E-state index is 5.33. The van der Waals surface area contributed by atoms with E-state index in [9.17, 15) is 0 Å². The Labute approximate surface area is 153 Å². The number of rotatable bonds is 2. The molecule has 0 aromatic carbocycles. The fraction of sp³-hybridized carbons (Fsp3) is 0.500. The third kappa shape index (κ3) is 7.83. The number of hydrogen-bond acceptors (Lipinski definition) is 4. The summed E-state index contributed by atoms with van der Waals surface area (Å²) < 4.78 is 0. The van der Waals surface area contributed by atoms with E-state index in [1.165, 1.54) is 25.7 Å². The summed E-state index contributed by atoms with van der Waals surface area (Å²) in [7, 11) is 9.84. The standard InChI is InChI=1S/C14H20N4S.2ClH.Ga/c1-12(13-8-4-5-9-15-13)16-17-14(19)18-10-6-2-3-7-11-18;;;/h4-5,8-9H,2-3,6-7,10-11H2,1H3,(H,17,19);2*1H;/q;;;+1/p-3/b16-12+;;;. The van der Waals surface area contributed by atoms with E-state index in [-0.39, 0.29) is 0 Å². The van der Waals surface area contributed by atoms with Gasteiger partial charge in [0.1, 0.15) is 0 Å². The van der Waals surface area contributed by atoms with Crippen LogP contribution in [0.1, 0.15) is 38.3 Å². The summed E-state index contributed by atoms with van der Waals surface area (Å²) in [5.41, 5.74) is 1.63. The van der Waals surface area contributed by atoms with Gasteiger partial charge in [0, 0.05) is 24.5 Å². The Hall–Kier alpha value is -0.274. The van der Waals surface area contributed by atoms with Gasteiger partial charge in [-0.3, -0.25) is 4.98 Å². The van der Waals surface area contributed by atoms with Crippen LogP contribution in [0, 0.1) is 0 Å². The molecule has 1 fully saturated rings. The van der Waals surface area contributed by atoms with E-state index in [0.29, 0.717) is 5.17 Å². The van der Waals surface area contributed by atoms with Crippen molar-refractivity contribution in [3.05, 3.63) is 30.1 Å². The van der Waals surface area contributed by atoms with Gasteiger partial charge in [-0.2, -0.15) is 10.2 Å². The molecule has 1 saturated heterocycles. The van der Waals surface area contributed by atoms with Crippen molar-refractivity contribution >= 4 is 58.2 Å². The number of hydrogen-bond donors (Lipinski definition) is 0. The SMILES string of the molecule is C/C(=N\N=C(/[S-])N1CCCCCC1)c1ccccn1.[Cl][Ga-][Cl]. The normalized spacial score (nSPS) is 16.6. The maximum atomic E-state index is 5.33. The third-order valence-corrected chi connectivity index (χ3v) is 3.54. The first-order chi connectivity index (χ1) is 10.7. The second kappa shape index (κ2) is 12.2. The number of amidine groups is 1. The van der Waals surface area contributed by atoms with Gasteiger partial charge in [0.2, 0.25) is 0 Å². The summed E-state index contributed by atoms with van der Waals surface area (Å²) in [4.78, 5) is 6.39. The van der Waals surface area contributed by atoms with Crippen LogP contribution in [0.15, 0.2) is 34.6 Å². The van der Waals surface area contributed by atoms with Crippen LogP contribution in [0.25, 0.3) is 0 Å². The number of likely N-dealkylation sites (tertiary alicyclic amines) is 1. The topological polar surface area (TPSA) is 40.9 Å². The first-order valence-electron chi connectivity index (χ1n) is 7.16. The van der Waals surface area contributed by atoms with E-state index < -0.39 is 15.4 Å². The number of nitrogens with zero attached hydrogens (tertiary/aromatic N) is 4. The average Bonchev–Trinajstić information content (AvgIpc) is 2.83. The van der Waals surface area contributed by atoms with Crippen molar-refractivity contribution in [1.29, 1.82) is 0 Å². The Kier molecular flexibility index (Phi) is 11.0. The van der Waals surface area contributed by atoms with Gasteiger partial charge < -0.3 is 17.5 Å². The Morgan fingerprint density at radius 3 is 2.36 bits per heavy atom. The summed E-state index contributed by atoms with van der Waals surface area (Å²) in [6.07, 6.45) is 6.71. The van der Waals surface area contributed by atoms with Crippen molar-refractivity contribution in [3.63, 3.8) is 0 Å². The van der Waals surface area contributed by atoms with E-state index >= 15 is 0 Å². The predicted octanol–water partition coefficient (Wildman–Crippen LogP) is 3.58. The van der Waals surface area contributed by atoms with E-state index in [1.54, 1.807) is 6.20 Å². The van der Waals surface area contributed by atoms with Gasteiger partial charge in [0.25, 0.3) is 0 Å². The molecule has 1 aromatic heterocycles. The van der Waals surface area contributed by atoms with Gasteiger partial charge in [-0.05, 0) is 31.9 Å². The molecule has 0 amide bonds. The molecule has 1 aromatic rings. The van der Waals surface area contributed by atoms with Crippen LogP contribution in [-0.2, 0) is 12.6 Å². The first-order valence-corrected chi connectivity index (χ1v) is 13.9. The molecule has 22 heavy (non-hydrogen) atoms. The van der Waals surface area contributed by atoms with Gasteiger partial charge >= 0.3 is 34.7 Å². The van der Waals surface area contributed by atoms with Crippen LogP contribution in [0.4, 0.5) is 0 Å². The average molecular weight is 416 g/mol. The van der Waals surface area contributed by atoms with E-state index in [0.717, 1.165) is 24.5 Å². The van der Waals surface area contributed by atoms with Crippen molar-refractivity contribution < 1.29 is 0 Å². The molecule has 1 aliphatic rings. The molecule has 0 unspecified atom stereocenters. The molecule has 0 N–H and O–H groups in total. The van der Waals surface area contributed by atoms with E-state index in [4.69, 9.17) is 31.9 Å². The van der Waals surface area contributed by atoms with Gasteiger partial charge in [-0.25, -0.2) is 0 Å². The molecule has 0 aliphatic carbocycles. The quantitative estimate of drug-likeness (QED) is 0.244. The summed E-state index contributed by atoms with van der Waals surface area (Å²) in [5.74, 6) is 0. The van der Waals surface area contributed by atoms with Crippen LogP contribution in [0.5, 0.6) is 0 Å². The van der Waals surface area contributed by atoms with Crippen molar-refractivity contribution in [2.24, 2.45) is 10.2 Å². The monoisotopic (exact) mass is 414 g/mol. The van der Waals surface area contributed by atoms with Crippen molar-refractivity contribution in [2.75, 3.05) is 13.1 Å².